The van der Waals surface area contributed by atoms with Crippen molar-refractivity contribution >= 4 is 12.1 Å². The van der Waals surface area contributed by atoms with E-state index in [1.807, 2.05) is 24.3 Å². The number of benzene rings is 1. The Balaban J connectivity index is 2.04. The maximum absolute atomic E-state index is 10.8. The number of nitrogens with one attached hydrogen (secondary N) is 1. The van der Waals surface area contributed by atoms with E-state index in [9.17, 15) is 4.79 Å². The maximum Gasteiger partial charge on any atom is 0.153 e. The summed E-state index contributed by atoms with van der Waals surface area (Å²) in [5, 5.41) is 3.13. The van der Waals surface area contributed by atoms with Gasteiger partial charge in [-0.1, -0.05) is 12.1 Å². The van der Waals surface area contributed by atoms with Gasteiger partial charge in [0.05, 0.1) is 12.7 Å². The molecule has 0 spiro atoms. The number of carbonyl (C=O) groups is 1. The molecule has 0 radical (unpaired) electrons. The number of nitrogens with zero attached hydrogens (tertiary/aromatic N) is 1. The average molecular weight is 242 g/mol. The number of hydrogen-bond acceptors (Lipinski definition) is 4. The van der Waals surface area contributed by atoms with Crippen LogP contribution in [0, 0.1) is 0 Å². The molecule has 0 saturated carbocycles. The molecule has 0 fully saturated rings. The molecule has 1 heterocycles. The van der Waals surface area contributed by atoms with Crippen molar-refractivity contribution in [2.75, 3.05) is 12.4 Å². The summed E-state index contributed by atoms with van der Waals surface area (Å²) in [6.45, 7) is 0.613. The predicted molar refractivity (Wildman–Crippen MR) is 69.9 cm³/mol. The molecule has 1 aromatic carbocycles. The largest absolute Gasteiger partial charge is 0.497 e. The molecule has 0 aliphatic rings. The van der Waals surface area contributed by atoms with Crippen molar-refractivity contribution in [3.8, 4) is 5.75 Å². The van der Waals surface area contributed by atoms with Gasteiger partial charge in [-0.2, -0.15) is 0 Å². The van der Waals surface area contributed by atoms with Gasteiger partial charge >= 0.3 is 0 Å². The molecule has 0 saturated heterocycles. The Labute approximate surface area is 106 Å². The molecule has 0 unspecified atom stereocenters. The minimum absolute atomic E-state index is 0.561. The highest BCUT2D eigenvalue weighted by molar-refractivity contribution is 5.82. The fourth-order valence-corrected chi connectivity index (χ4v) is 1.59. The van der Waals surface area contributed by atoms with Crippen LogP contribution in [0.3, 0.4) is 0 Å². The van der Waals surface area contributed by atoms with E-state index in [0.29, 0.717) is 17.9 Å². The number of rotatable bonds is 5. The van der Waals surface area contributed by atoms with Gasteiger partial charge in [-0.3, -0.25) is 4.79 Å². The Morgan fingerprint density at radius 2 is 2.06 bits per heavy atom. The molecule has 2 aromatic rings. The van der Waals surface area contributed by atoms with Crippen LogP contribution < -0.4 is 10.1 Å². The zero-order valence-electron chi connectivity index (χ0n) is 10.1. The highest BCUT2D eigenvalue weighted by atomic mass is 16.5. The second kappa shape index (κ2) is 5.82. The first-order valence-electron chi connectivity index (χ1n) is 5.60. The molecule has 4 nitrogen and oxygen atoms in total. The Bertz CT molecular complexity index is 524. The molecular formula is C14H14N2O2. The first-order valence-corrected chi connectivity index (χ1v) is 5.60. The highest BCUT2D eigenvalue weighted by Gasteiger charge is 2.01. The molecule has 18 heavy (non-hydrogen) atoms. The lowest BCUT2D eigenvalue weighted by Crippen LogP contribution is -2.03. The van der Waals surface area contributed by atoms with Crippen LogP contribution in [0.4, 0.5) is 5.82 Å². The predicted octanol–water partition coefficient (Wildman–Crippen LogP) is 2.51. The number of pyridine rings is 1. The van der Waals surface area contributed by atoms with E-state index in [2.05, 4.69) is 10.3 Å². The molecule has 0 aliphatic carbocycles. The summed E-state index contributed by atoms with van der Waals surface area (Å²) in [7, 11) is 1.64. The zero-order valence-corrected chi connectivity index (χ0v) is 10.1. The summed E-state index contributed by atoms with van der Waals surface area (Å²) >= 11 is 0. The van der Waals surface area contributed by atoms with Crippen molar-refractivity contribution in [3.63, 3.8) is 0 Å². The molecule has 0 amide bonds. The summed E-state index contributed by atoms with van der Waals surface area (Å²) < 4.78 is 5.09. The zero-order chi connectivity index (χ0) is 12.8. The first-order chi connectivity index (χ1) is 8.83. The number of methoxy groups -OCH3 is 1. The Kier molecular flexibility index (Phi) is 3.91. The van der Waals surface area contributed by atoms with Gasteiger partial charge < -0.3 is 10.1 Å². The normalized spacial score (nSPS) is 9.83. The van der Waals surface area contributed by atoms with Crippen LogP contribution in [-0.2, 0) is 6.54 Å². The summed E-state index contributed by atoms with van der Waals surface area (Å²) in [5.41, 5.74) is 1.66. The van der Waals surface area contributed by atoms with Crippen LogP contribution in [0.15, 0.2) is 42.6 Å². The van der Waals surface area contributed by atoms with E-state index in [1.54, 1.807) is 25.4 Å². The van der Waals surface area contributed by atoms with E-state index < -0.39 is 0 Å². The van der Waals surface area contributed by atoms with Gasteiger partial charge in [0.25, 0.3) is 0 Å². The smallest absolute Gasteiger partial charge is 0.153 e. The van der Waals surface area contributed by atoms with Crippen LogP contribution in [0.5, 0.6) is 5.75 Å². The number of aldehydes is 1. The second-order valence-electron chi connectivity index (χ2n) is 3.76. The van der Waals surface area contributed by atoms with Crippen LogP contribution >= 0.6 is 0 Å². The van der Waals surface area contributed by atoms with E-state index in [-0.39, 0.29) is 0 Å². The van der Waals surface area contributed by atoms with Crippen molar-refractivity contribution in [2.24, 2.45) is 0 Å². The van der Waals surface area contributed by atoms with Crippen molar-refractivity contribution < 1.29 is 9.53 Å². The van der Waals surface area contributed by atoms with E-state index in [1.165, 1.54) is 0 Å². The molecule has 1 aromatic heterocycles. The molecule has 92 valence electrons. The number of aromatic nitrogens is 1. The minimum Gasteiger partial charge on any atom is -0.497 e. The van der Waals surface area contributed by atoms with Gasteiger partial charge in [0.15, 0.2) is 6.29 Å². The van der Waals surface area contributed by atoms with Crippen molar-refractivity contribution in [2.45, 2.75) is 6.54 Å². The maximum atomic E-state index is 10.8. The quantitative estimate of drug-likeness (QED) is 0.818. The third-order valence-corrected chi connectivity index (χ3v) is 2.58. The second-order valence-corrected chi connectivity index (χ2v) is 3.76. The number of anilines is 1. The van der Waals surface area contributed by atoms with Gasteiger partial charge in [0, 0.05) is 12.7 Å². The molecular weight excluding hydrogens is 228 g/mol. The lowest BCUT2D eigenvalue weighted by atomic mass is 10.2. The lowest BCUT2D eigenvalue weighted by molar-refractivity contribution is 0.112. The van der Waals surface area contributed by atoms with Gasteiger partial charge in [0.2, 0.25) is 0 Å². The number of hydrogen-bond donors (Lipinski definition) is 1. The Morgan fingerprint density at radius 1 is 1.28 bits per heavy atom. The molecule has 0 aliphatic heterocycles. The molecule has 4 heteroatoms. The van der Waals surface area contributed by atoms with Crippen LogP contribution in [0.1, 0.15) is 15.9 Å². The van der Waals surface area contributed by atoms with Gasteiger partial charge in [-0.05, 0) is 29.8 Å². The van der Waals surface area contributed by atoms with Crippen LogP contribution in [-0.4, -0.2) is 18.4 Å². The van der Waals surface area contributed by atoms with Gasteiger partial charge in [-0.25, -0.2) is 4.98 Å². The Morgan fingerprint density at radius 3 is 2.72 bits per heavy atom. The highest BCUT2D eigenvalue weighted by Crippen LogP contribution is 2.14. The summed E-state index contributed by atoms with van der Waals surface area (Å²) in [4.78, 5) is 15.0. The van der Waals surface area contributed by atoms with E-state index in [4.69, 9.17) is 4.74 Å². The third kappa shape index (κ3) is 2.85. The monoisotopic (exact) mass is 242 g/mol. The van der Waals surface area contributed by atoms with Crippen molar-refractivity contribution in [1.29, 1.82) is 0 Å². The minimum atomic E-state index is 0.561. The Hall–Kier alpha value is -2.36. The fourth-order valence-electron chi connectivity index (χ4n) is 1.59. The molecule has 2 rings (SSSR count). The third-order valence-electron chi connectivity index (χ3n) is 2.58. The van der Waals surface area contributed by atoms with Crippen molar-refractivity contribution in [1.82, 2.24) is 4.98 Å². The standard InChI is InChI=1S/C14H14N2O2/c1-18-13-6-4-11(5-7-13)9-16-14-12(10-17)3-2-8-15-14/h2-8,10H,9H2,1H3,(H,15,16). The molecule has 0 atom stereocenters. The molecule has 0 bridgehead atoms. The fraction of sp³-hybridized carbons (Fsp3) is 0.143. The topological polar surface area (TPSA) is 51.2 Å². The summed E-state index contributed by atoms with van der Waals surface area (Å²) in [6, 6.07) is 11.2. The average Bonchev–Trinajstić information content (AvgIpc) is 2.46. The number of carbonyl (C=O) groups excluding carboxylic acids is 1. The SMILES string of the molecule is COc1ccc(CNc2ncccc2C=O)cc1. The van der Waals surface area contributed by atoms with E-state index in [0.717, 1.165) is 17.6 Å². The first kappa shape index (κ1) is 12.1. The van der Waals surface area contributed by atoms with Crippen LogP contribution in [0.2, 0.25) is 0 Å². The summed E-state index contributed by atoms with van der Waals surface area (Å²) in [6.07, 6.45) is 2.45. The lowest BCUT2D eigenvalue weighted by Gasteiger charge is -2.08. The van der Waals surface area contributed by atoms with Crippen molar-refractivity contribution in [3.05, 3.63) is 53.7 Å². The molecule has 1 N–H and O–H groups in total. The van der Waals surface area contributed by atoms with Gasteiger partial charge in [0.1, 0.15) is 11.6 Å². The summed E-state index contributed by atoms with van der Waals surface area (Å²) in [5.74, 6) is 1.42. The van der Waals surface area contributed by atoms with Crippen LogP contribution in [0.25, 0.3) is 0 Å². The van der Waals surface area contributed by atoms with E-state index >= 15 is 0 Å². The van der Waals surface area contributed by atoms with Gasteiger partial charge in [-0.15, -0.1) is 0 Å². The number of ether oxygens (including phenoxy) is 1.